The minimum absolute atomic E-state index is 0.0908. The van der Waals surface area contributed by atoms with Crippen LogP contribution in [0.1, 0.15) is 40.4 Å². The molecule has 0 spiro atoms. The largest absolute Gasteiger partial charge is 0.256 e. The van der Waals surface area contributed by atoms with Gasteiger partial charge in [-0.2, -0.15) is 0 Å². The number of pyridine rings is 1. The Bertz CT molecular complexity index is 1470. The molecule has 0 bridgehead atoms. The molecule has 2 heteroatoms. The number of hydrogen-bond donors (Lipinski definition) is 0. The van der Waals surface area contributed by atoms with E-state index < -0.39 is 6.37 Å². The summed E-state index contributed by atoms with van der Waals surface area (Å²) in [6.07, 6.45) is 5.90. The van der Waals surface area contributed by atoms with Gasteiger partial charge in [0.1, 0.15) is 0 Å². The lowest BCUT2D eigenvalue weighted by molar-refractivity contribution is 0.356. The van der Waals surface area contributed by atoms with Gasteiger partial charge in [-0.3, -0.25) is 4.98 Å². The Labute approximate surface area is 196 Å². The van der Waals surface area contributed by atoms with Crippen LogP contribution in [0, 0.1) is 5.92 Å². The Morgan fingerprint density at radius 2 is 1.69 bits per heavy atom. The molecular weight excluding hydrogens is 406 g/mol. The molecule has 5 aromatic rings. The minimum atomic E-state index is -1.32. The van der Waals surface area contributed by atoms with Crippen molar-refractivity contribution in [1.82, 2.24) is 4.98 Å². The lowest BCUT2D eigenvalue weighted by Crippen LogP contribution is -2.09. The van der Waals surface area contributed by atoms with Gasteiger partial charge in [0.15, 0.2) is 0 Å². The molecule has 1 nitrogen and oxygen atoms in total. The van der Waals surface area contributed by atoms with Gasteiger partial charge in [-0.25, -0.2) is 0 Å². The van der Waals surface area contributed by atoms with E-state index in [4.69, 9.17) is 7.73 Å². The average molecular weight is 436 g/mol. The molecule has 2 aromatic heterocycles. The third-order valence-corrected chi connectivity index (χ3v) is 7.84. The molecule has 0 aliphatic heterocycles. The van der Waals surface area contributed by atoms with Crippen molar-refractivity contribution in [3.63, 3.8) is 0 Å². The van der Waals surface area contributed by atoms with Crippen LogP contribution in [0.4, 0.5) is 0 Å². The summed E-state index contributed by atoms with van der Waals surface area (Å²) in [6, 6.07) is 27.5. The second kappa shape index (κ2) is 8.52. The summed E-state index contributed by atoms with van der Waals surface area (Å²) in [5.41, 5.74) is 5.14. The molecule has 158 valence electrons. The van der Waals surface area contributed by atoms with Crippen LogP contribution in [0.15, 0.2) is 85.1 Å². The molecule has 32 heavy (non-hydrogen) atoms. The van der Waals surface area contributed by atoms with Gasteiger partial charge in [0.2, 0.25) is 0 Å². The van der Waals surface area contributed by atoms with E-state index in [0.717, 1.165) is 42.5 Å². The van der Waals surface area contributed by atoms with Crippen LogP contribution < -0.4 is 0 Å². The zero-order chi connectivity index (χ0) is 23.1. The van der Waals surface area contributed by atoms with E-state index >= 15 is 0 Å². The van der Waals surface area contributed by atoms with Crippen LogP contribution in [-0.4, -0.2) is 4.98 Å². The van der Waals surface area contributed by atoms with Gasteiger partial charge in [0, 0.05) is 34.7 Å². The topological polar surface area (TPSA) is 12.9 Å². The van der Waals surface area contributed by atoms with Crippen molar-refractivity contribution in [1.29, 1.82) is 0 Å². The maximum absolute atomic E-state index is 8.92. The fourth-order valence-electron chi connectivity index (χ4n) is 4.96. The van der Waals surface area contributed by atoms with E-state index in [1.165, 1.54) is 37.7 Å². The lowest BCUT2D eigenvalue weighted by Gasteiger charge is -2.21. The van der Waals surface area contributed by atoms with Gasteiger partial charge in [0.25, 0.3) is 0 Å². The van der Waals surface area contributed by atoms with Crippen molar-refractivity contribution in [2.45, 2.75) is 38.5 Å². The SMILES string of the molecule is [2H]C([2H])(c1ccnc(-c2cccc3c2sc2ccc(-c4ccccc4)cc23)c1)C1CCCCC1. The van der Waals surface area contributed by atoms with E-state index in [2.05, 4.69) is 60.7 Å². The summed E-state index contributed by atoms with van der Waals surface area (Å²) in [5, 5.41) is 2.50. The molecule has 0 radical (unpaired) electrons. The van der Waals surface area contributed by atoms with Crippen molar-refractivity contribution in [2.75, 3.05) is 0 Å². The maximum atomic E-state index is 8.92. The predicted octanol–water partition coefficient (Wildman–Crippen LogP) is 8.91. The van der Waals surface area contributed by atoms with Gasteiger partial charge in [0.05, 0.1) is 5.69 Å². The number of hydrogen-bond acceptors (Lipinski definition) is 2. The third kappa shape index (κ3) is 3.73. The Hall–Kier alpha value is -2.97. The zero-order valence-corrected chi connectivity index (χ0v) is 18.9. The highest BCUT2D eigenvalue weighted by Gasteiger charge is 2.16. The molecule has 0 N–H and O–H groups in total. The molecule has 1 saturated carbocycles. The minimum Gasteiger partial charge on any atom is -0.256 e. The first kappa shape index (κ1) is 17.6. The maximum Gasteiger partial charge on any atom is 0.0719 e. The van der Waals surface area contributed by atoms with Gasteiger partial charge >= 0.3 is 0 Å². The monoisotopic (exact) mass is 435 g/mol. The van der Waals surface area contributed by atoms with Crippen LogP contribution in [0.3, 0.4) is 0 Å². The number of fused-ring (bicyclic) bond motifs is 3. The van der Waals surface area contributed by atoms with Crippen LogP contribution in [0.25, 0.3) is 42.6 Å². The summed E-state index contributed by atoms with van der Waals surface area (Å²) in [5.74, 6) is 0.0908. The van der Waals surface area contributed by atoms with Gasteiger partial charge < -0.3 is 0 Å². The molecular formula is C30H27NS. The first-order chi connectivity index (χ1) is 16.6. The molecule has 1 aliphatic rings. The third-order valence-electron chi connectivity index (χ3n) is 6.62. The summed E-state index contributed by atoms with van der Waals surface area (Å²) in [6.45, 7) is 0. The Morgan fingerprint density at radius 1 is 0.812 bits per heavy atom. The van der Waals surface area contributed by atoms with E-state index in [1.807, 2.05) is 18.2 Å². The number of benzene rings is 3. The Morgan fingerprint density at radius 3 is 2.56 bits per heavy atom. The summed E-state index contributed by atoms with van der Waals surface area (Å²) >= 11 is 1.79. The highest BCUT2D eigenvalue weighted by atomic mass is 32.1. The van der Waals surface area contributed by atoms with Crippen LogP contribution in [0.2, 0.25) is 0 Å². The average Bonchev–Trinajstić information content (AvgIpc) is 3.28. The second-order valence-corrected chi connectivity index (χ2v) is 9.82. The Kier molecular flexibility index (Phi) is 4.68. The fraction of sp³-hybridized carbons (Fsp3) is 0.233. The Balaban J connectivity index is 1.45. The predicted molar refractivity (Wildman–Crippen MR) is 138 cm³/mol. The number of nitrogens with zero attached hydrogens (tertiary/aromatic N) is 1. The molecule has 0 amide bonds. The van der Waals surface area contributed by atoms with Crippen LogP contribution in [-0.2, 0) is 6.37 Å². The van der Waals surface area contributed by atoms with Crippen molar-refractivity contribution >= 4 is 31.5 Å². The number of thiophene rings is 1. The molecule has 1 aliphatic carbocycles. The first-order valence-corrected chi connectivity index (χ1v) is 12.4. The normalized spacial score (nSPS) is 16.2. The molecule has 0 saturated heterocycles. The molecule has 6 rings (SSSR count). The lowest BCUT2D eigenvalue weighted by atomic mass is 9.85. The van der Waals surface area contributed by atoms with E-state index in [1.54, 1.807) is 17.5 Å². The van der Waals surface area contributed by atoms with Crippen molar-refractivity contribution in [3.05, 3.63) is 90.6 Å². The highest BCUT2D eigenvalue weighted by molar-refractivity contribution is 7.26. The van der Waals surface area contributed by atoms with Crippen molar-refractivity contribution < 1.29 is 2.74 Å². The molecule has 2 heterocycles. The molecule has 1 fully saturated rings. The van der Waals surface area contributed by atoms with Crippen molar-refractivity contribution in [3.8, 4) is 22.4 Å². The smallest absolute Gasteiger partial charge is 0.0719 e. The van der Waals surface area contributed by atoms with Gasteiger partial charge in [-0.15, -0.1) is 11.3 Å². The second-order valence-electron chi connectivity index (χ2n) is 8.77. The zero-order valence-electron chi connectivity index (χ0n) is 20.1. The van der Waals surface area contributed by atoms with E-state index in [-0.39, 0.29) is 5.92 Å². The van der Waals surface area contributed by atoms with Crippen LogP contribution in [0.5, 0.6) is 0 Å². The van der Waals surface area contributed by atoms with Gasteiger partial charge in [-0.1, -0.05) is 86.7 Å². The van der Waals surface area contributed by atoms with Crippen molar-refractivity contribution in [2.24, 2.45) is 5.92 Å². The standard InChI is InChI=1S/C30H27NS/c1-3-8-21(9-4-1)18-22-16-17-31-28(19-22)26-13-7-12-25-27-20-24(23-10-5-2-6-11-23)14-15-29(27)32-30(25)26/h2,5-7,10-17,19-21H,1,3-4,8-9,18H2/i18D2. The summed E-state index contributed by atoms with van der Waals surface area (Å²) in [4.78, 5) is 4.69. The highest BCUT2D eigenvalue weighted by Crippen LogP contribution is 2.41. The molecule has 3 aromatic carbocycles. The van der Waals surface area contributed by atoms with Crippen LogP contribution >= 0.6 is 11.3 Å². The quantitative estimate of drug-likeness (QED) is 0.274. The van der Waals surface area contributed by atoms with E-state index in [9.17, 15) is 0 Å². The molecule has 0 unspecified atom stereocenters. The summed E-state index contributed by atoms with van der Waals surface area (Å²) in [7, 11) is 0. The van der Waals surface area contributed by atoms with Gasteiger partial charge in [-0.05, 0) is 53.2 Å². The number of rotatable bonds is 4. The number of aromatic nitrogens is 1. The fourth-order valence-corrected chi connectivity index (χ4v) is 6.17. The summed E-state index contributed by atoms with van der Waals surface area (Å²) < 4.78 is 20.3. The first-order valence-electron chi connectivity index (χ1n) is 12.6. The molecule has 0 atom stereocenters. The van der Waals surface area contributed by atoms with E-state index in [0.29, 0.717) is 0 Å².